The molecular weight excluding hydrogens is 128 g/mol. The second-order valence-corrected chi connectivity index (χ2v) is 2.07. The van der Waals surface area contributed by atoms with Crippen LogP contribution in [0.2, 0.25) is 0 Å². The summed E-state index contributed by atoms with van der Waals surface area (Å²) >= 11 is 0. The maximum atomic E-state index is 4.94. The summed E-state index contributed by atoms with van der Waals surface area (Å²) in [6, 6.07) is 0. The molecule has 3 N–H and O–H groups in total. The van der Waals surface area contributed by atoms with E-state index in [1.165, 1.54) is 12.8 Å². The van der Waals surface area contributed by atoms with E-state index in [1.54, 1.807) is 0 Å². The van der Waals surface area contributed by atoms with Crippen LogP contribution in [0.4, 0.5) is 0 Å². The SMILES string of the molecule is CC.NOC1CCCCN1. The summed E-state index contributed by atoms with van der Waals surface area (Å²) < 4.78 is 0. The van der Waals surface area contributed by atoms with Crippen molar-refractivity contribution in [2.75, 3.05) is 6.54 Å². The molecule has 1 unspecified atom stereocenters. The maximum Gasteiger partial charge on any atom is 0.129 e. The third-order valence-corrected chi connectivity index (χ3v) is 1.43. The van der Waals surface area contributed by atoms with E-state index in [-0.39, 0.29) is 6.23 Å². The Morgan fingerprint density at radius 1 is 1.40 bits per heavy atom. The topological polar surface area (TPSA) is 47.3 Å². The van der Waals surface area contributed by atoms with Gasteiger partial charge in [0.25, 0.3) is 0 Å². The van der Waals surface area contributed by atoms with Crippen molar-refractivity contribution < 1.29 is 4.84 Å². The molecule has 1 rings (SSSR count). The molecule has 1 atom stereocenters. The van der Waals surface area contributed by atoms with Crippen LogP contribution in [0.5, 0.6) is 0 Å². The summed E-state index contributed by atoms with van der Waals surface area (Å²) in [5, 5.41) is 3.12. The number of nitrogens with one attached hydrogen (secondary N) is 1. The monoisotopic (exact) mass is 146 g/mol. The Bertz CT molecular complexity index is 62.6. The second kappa shape index (κ2) is 6.99. The fourth-order valence-corrected chi connectivity index (χ4v) is 0.936. The Balaban J connectivity index is 0.000000371. The normalized spacial score (nSPS) is 24.9. The molecule has 0 bridgehead atoms. The molecule has 1 saturated heterocycles. The number of rotatable bonds is 1. The molecule has 0 aromatic heterocycles. The average molecular weight is 146 g/mol. The molecule has 1 fully saturated rings. The van der Waals surface area contributed by atoms with E-state index in [4.69, 9.17) is 5.90 Å². The highest BCUT2D eigenvalue weighted by Gasteiger charge is 2.09. The van der Waals surface area contributed by atoms with Crippen molar-refractivity contribution in [2.24, 2.45) is 5.90 Å². The first-order chi connectivity index (χ1) is 4.93. The van der Waals surface area contributed by atoms with Gasteiger partial charge in [-0.3, -0.25) is 10.2 Å². The molecule has 0 aliphatic carbocycles. The highest BCUT2D eigenvalue weighted by molar-refractivity contribution is 4.61. The quantitative estimate of drug-likeness (QED) is 0.543. The number of piperidine rings is 1. The summed E-state index contributed by atoms with van der Waals surface area (Å²) in [6.07, 6.45) is 3.65. The van der Waals surface area contributed by atoms with Crippen molar-refractivity contribution in [3.05, 3.63) is 0 Å². The van der Waals surface area contributed by atoms with Crippen LogP contribution in [0, 0.1) is 0 Å². The molecular formula is C7H18N2O. The minimum Gasteiger partial charge on any atom is -0.290 e. The van der Waals surface area contributed by atoms with Gasteiger partial charge in [-0.2, -0.15) is 0 Å². The number of nitrogens with two attached hydrogens (primary N) is 1. The van der Waals surface area contributed by atoms with E-state index in [9.17, 15) is 0 Å². The molecule has 0 amide bonds. The zero-order valence-electron chi connectivity index (χ0n) is 6.89. The molecule has 1 heterocycles. The highest BCUT2D eigenvalue weighted by atomic mass is 16.6. The maximum absolute atomic E-state index is 4.94. The Kier molecular flexibility index (Phi) is 6.91. The molecule has 62 valence electrons. The van der Waals surface area contributed by atoms with Gasteiger partial charge in [0.2, 0.25) is 0 Å². The van der Waals surface area contributed by atoms with Crippen LogP contribution in [0.15, 0.2) is 0 Å². The first-order valence-electron chi connectivity index (χ1n) is 4.02. The lowest BCUT2D eigenvalue weighted by molar-refractivity contribution is 0.0115. The van der Waals surface area contributed by atoms with Gasteiger partial charge >= 0.3 is 0 Å². The summed E-state index contributed by atoms with van der Waals surface area (Å²) in [5.74, 6) is 4.94. The van der Waals surface area contributed by atoms with Gasteiger partial charge in [0.05, 0.1) is 0 Å². The smallest absolute Gasteiger partial charge is 0.129 e. The third-order valence-electron chi connectivity index (χ3n) is 1.43. The van der Waals surface area contributed by atoms with Crippen molar-refractivity contribution in [2.45, 2.75) is 39.3 Å². The molecule has 0 saturated carbocycles. The van der Waals surface area contributed by atoms with E-state index in [0.717, 1.165) is 13.0 Å². The van der Waals surface area contributed by atoms with Crippen LogP contribution >= 0.6 is 0 Å². The van der Waals surface area contributed by atoms with E-state index in [2.05, 4.69) is 10.2 Å². The number of hydrogen-bond acceptors (Lipinski definition) is 3. The number of hydrogen-bond donors (Lipinski definition) is 2. The van der Waals surface area contributed by atoms with Crippen molar-refractivity contribution in [3.63, 3.8) is 0 Å². The Hall–Kier alpha value is -0.120. The van der Waals surface area contributed by atoms with Crippen LogP contribution in [-0.2, 0) is 4.84 Å². The third kappa shape index (κ3) is 3.82. The molecule has 0 aromatic rings. The Labute approximate surface area is 62.9 Å². The van der Waals surface area contributed by atoms with Crippen LogP contribution in [-0.4, -0.2) is 12.8 Å². The van der Waals surface area contributed by atoms with Gasteiger partial charge in [0, 0.05) is 0 Å². The van der Waals surface area contributed by atoms with Crippen molar-refractivity contribution in [1.82, 2.24) is 5.32 Å². The highest BCUT2D eigenvalue weighted by Crippen LogP contribution is 2.05. The summed E-state index contributed by atoms with van der Waals surface area (Å²) in [5.41, 5.74) is 0. The standard InChI is InChI=1S/C5H12N2O.C2H6/c6-8-5-3-1-2-4-7-5;1-2/h5,7H,1-4,6H2;1-2H3. The molecule has 0 spiro atoms. The Morgan fingerprint density at radius 3 is 2.40 bits per heavy atom. The first-order valence-corrected chi connectivity index (χ1v) is 4.02. The van der Waals surface area contributed by atoms with Crippen LogP contribution in [0.3, 0.4) is 0 Å². The fourth-order valence-electron chi connectivity index (χ4n) is 0.936. The zero-order chi connectivity index (χ0) is 7.82. The van der Waals surface area contributed by atoms with E-state index >= 15 is 0 Å². The molecule has 0 aromatic carbocycles. The van der Waals surface area contributed by atoms with E-state index in [1.807, 2.05) is 13.8 Å². The van der Waals surface area contributed by atoms with Crippen LogP contribution in [0.25, 0.3) is 0 Å². The van der Waals surface area contributed by atoms with Gasteiger partial charge in [-0.05, 0) is 25.8 Å². The van der Waals surface area contributed by atoms with Crippen LogP contribution < -0.4 is 11.2 Å². The van der Waals surface area contributed by atoms with Gasteiger partial charge in [0.15, 0.2) is 0 Å². The summed E-state index contributed by atoms with van der Waals surface area (Å²) in [7, 11) is 0. The molecule has 10 heavy (non-hydrogen) atoms. The predicted octanol–water partition coefficient (Wildman–Crippen LogP) is 1.00. The zero-order valence-corrected chi connectivity index (χ0v) is 6.89. The molecule has 3 heteroatoms. The summed E-state index contributed by atoms with van der Waals surface area (Å²) in [4.78, 5) is 4.58. The molecule has 1 aliphatic heterocycles. The van der Waals surface area contributed by atoms with Gasteiger partial charge in [-0.15, -0.1) is 0 Å². The van der Waals surface area contributed by atoms with Crippen molar-refractivity contribution >= 4 is 0 Å². The molecule has 1 aliphatic rings. The average Bonchev–Trinajstić information content (AvgIpc) is 2.10. The van der Waals surface area contributed by atoms with Gasteiger partial charge in [-0.1, -0.05) is 13.8 Å². The van der Waals surface area contributed by atoms with Crippen molar-refractivity contribution in [3.8, 4) is 0 Å². The van der Waals surface area contributed by atoms with Gasteiger partial charge < -0.3 is 0 Å². The Morgan fingerprint density at radius 2 is 2.10 bits per heavy atom. The minimum atomic E-state index is 0.115. The molecule has 3 nitrogen and oxygen atoms in total. The van der Waals surface area contributed by atoms with E-state index in [0.29, 0.717) is 0 Å². The lowest BCUT2D eigenvalue weighted by Gasteiger charge is -2.20. The lowest BCUT2D eigenvalue weighted by atomic mass is 10.1. The predicted molar refractivity (Wildman–Crippen MR) is 42.3 cm³/mol. The van der Waals surface area contributed by atoms with E-state index < -0.39 is 0 Å². The van der Waals surface area contributed by atoms with Crippen molar-refractivity contribution in [1.29, 1.82) is 0 Å². The first kappa shape index (κ1) is 9.88. The molecule has 0 radical (unpaired) electrons. The van der Waals surface area contributed by atoms with Crippen LogP contribution in [0.1, 0.15) is 33.1 Å². The van der Waals surface area contributed by atoms with Gasteiger partial charge in [-0.25, -0.2) is 5.90 Å². The van der Waals surface area contributed by atoms with Gasteiger partial charge in [0.1, 0.15) is 6.23 Å². The lowest BCUT2D eigenvalue weighted by Crippen LogP contribution is -2.37. The minimum absolute atomic E-state index is 0.115. The fraction of sp³-hybridized carbons (Fsp3) is 1.00. The summed E-state index contributed by atoms with van der Waals surface area (Å²) in [6.45, 7) is 5.04. The second-order valence-electron chi connectivity index (χ2n) is 2.07. The largest absolute Gasteiger partial charge is 0.290 e.